The van der Waals surface area contributed by atoms with Gasteiger partial charge < -0.3 is 10.1 Å². The van der Waals surface area contributed by atoms with Gasteiger partial charge in [0.2, 0.25) is 0 Å². The molecular formula is C27H29N3O2S. The first-order chi connectivity index (χ1) is 16.1. The van der Waals surface area contributed by atoms with Gasteiger partial charge in [0.25, 0.3) is 5.91 Å². The zero-order valence-electron chi connectivity index (χ0n) is 19.4. The van der Waals surface area contributed by atoms with E-state index in [1.807, 2.05) is 24.4 Å². The highest BCUT2D eigenvalue weighted by atomic mass is 32.1. The monoisotopic (exact) mass is 459 g/mol. The van der Waals surface area contributed by atoms with Gasteiger partial charge in [-0.15, -0.1) is 11.3 Å². The lowest BCUT2D eigenvalue weighted by atomic mass is 10.0. The number of methoxy groups -OCH3 is 1. The van der Waals surface area contributed by atoms with Crippen LogP contribution in [0.3, 0.4) is 0 Å². The van der Waals surface area contributed by atoms with Crippen molar-refractivity contribution in [3.05, 3.63) is 59.1 Å². The van der Waals surface area contributed by atoms with Gasteiger partial charge in [-0.05, 0) is 56.6 Å². The lowest BCUT2D eigenvalue weighted by Gasteiger charge is -2.22. The molecule has 1 amide bonds. The first-order valence-corrected chi connectivity index (χ1v) is 12.4. The molecule has 0 unspecified atom stereocenters. The number of carbonyl (C=O) groups is 1. The minimum atomic E-state index is -0.00854. The molecule has 1 aliphatic heterocycles. The Hall–Kier alpha value is -2.96. The van der Waals surface area contributed by atoms with Crippen LogP contribution in [0.25, 0.3) is 32.1 Å². The van der Waals surface area contributed by atoms with E-state index in [1.54, 1.807) is 18.4 Å². The van der Waals surface area contributed by atoms with Gasteiger partial charge in [0.15, 0.2) is 0 Å². The normalized spacial score (nSPS) is 16.5. The summed E-state index contributed by atoms with van der Waals surface area (Å²) in [6.07, 6.45) is 4.24. The molecule has 5 nitrogen and oxygen atoms in total. The van der Waals surface area contributed by atoms with E-state index < -0.39 is 0 Å². The van der Waals surface area contributed by atoms with Crippen molar-refractivity contribution < 1.29 is 9.53 Å². The summed E-state index contributed by atoms with van der Waals surface area (Å²) in [4.78, 5) is 21.4. The Morgan fingerprint density at radius 3 is 2.79 bits per heavy atom. The van der Waals surface area contributed by atoms with E-state index >= 15 is 0 Å². The summed E-state index contributed by atoms with van der Waals surface area (Å²) >= 11 is 1.55. The quantitative estimate of drug-likeness (QED) is 0.405. The van der Waals surface area contributed by atoms with Crippen molar-refractivity contribution in [3.8, 4) is 16.9 Å². The second-order valence-corrected chi connectivity index (χ2v) is 9.71. The molecule has 0 spiro atoms. The zero-order chi connectivity index (χ0) is 22.9. The van der Waals surface area contributed by atoms with Crippen LogP contribution in [0.1, 0.15) is 35.0 Å². The summed E-state index contributed by atoms with van der Waals surface area (Å²) in [5.41, 5.74) is 4.09. The SMILES string of the molecule is CCN1CCC[C@H]1CNC(=O)c1sc2c(cnc3ccc(OC)cc32)c1-c1ccc(C)cc1. The molecule has 2 aromatic heterocycles. The maximum absolute atomic E-state index is 13.5. The second kappa shape index (κ2) is 9.12. The van der Waals surface area contributed by atoms with E-state index in [0.29, 0.717) is 12.6 Å². The molecule has 33 heavy (non-hydrogen) atoms. The van der Waals surface area contributed by atoms with E-state index in [1.165, 1.54) is 12.0 Å². The molecule has 1 atom stereocenters. The van der Waals surface area contributed by atoms with Gasteiger partial charge in [0, 0.05) is 39.8 Å². The summed E-state index contributed by atoms with van der Waals surface area (Å²) in [5, 5.41) is 5.26. The van der Waals surface area contributed by atoms with Crippen molar-refractivity contribution in [2.45, 2.75) is 32.7 Å². The van der Waals surface area contributed by atoms with Crippen LogP contribution in [0.4, 0.5) is 0 Å². The maximum atomic E-state index is 13.5. The first-order valence-electron chi connectivity index (χ1n) is 11.6. The summed E-state index contributed by atoms with van der Waals surface area (Å²) < 4.78 is 6.53. The fraction of sp³-hybridized carbons (Fsp3) is 0.333. The molecule has 3 heterocycles. The standard InChI is InChI=1S/C27H29N3O2S/c1-4-30-13-5-6-19(30)15-29-27(31)26-24(18-9-7-17(2)8-10-18)22-16-28-23-12-11-20(32-3)14-21(23)25(22)33-26/h7-12,14,16,19H,4-6,13,15H2,1-3H3,(H,29,31)/t19-/m0/s1. The zero-order valence-corrected chi connectivity index (χ0v) is 20.2. The Balaban J connectivity index is 1.61. The highest BCUT2D eigenvalue weighted by Gasteiger charge is 2.26. The third-order valence-electron chi connectivity index (χ3n) is 6.68. The number of thiophene rings is 1. The van der Waals surface area contributed by atoms with Crippen molar-refractivity contribution in [1.29, 1.82) is 0 Å². The van der Waals surface area contributed by atoms with Crippen LogP contribution in [0, 0.1) is 6.92 Å². The summed E-state index contributed by atoms with van der Waals surface area (Å²) in [7, 11) is 1.67. The van der Waals surface area contributed by atoms with Crippen molar-refractivity contribution in [1.82, 2.24) is 15.2 Å². The molecule has 0 saturated carbocycles. The van der Waals surface area contributed by atoms with Crippen LogP contribution in [0.5, 0.6) is 5.75 Å². The number of pyridine rings is 1. The lowest BCUT2D eigenvalue weighted by molar-refractivity contribution is 0.0946. The van der Waals surface area contributed by atoms with Gasteiger partial charge in [-0.2, -0.15) is 0 Å². The number of likely N-dealkylation sites (N-methyl/N-ethyl adjacent to an activating group) is 1. The number of rotatable bonds is 6. The average Bonchev–Trinajstić information content (AvgIpc) is 3.47. The van der Waals surface area contributed by atoms with Gasteiger partial charge in [0.05, 0.1) is 12.6 Å². The molecule has 1 aliphatic rings. The minimum absolute atomic E-state index is 0.00854. The number of hydrogen-bond donors (Lipinski definition) is 1. The number of hydrogen-bond acceptors (Lipinski definition) is 5. The van der Waals surface area contributed by atoms with Crippen molar-refractivity contribution in [2.24, 2.45) is 0 Å². The molecule has 1 saturated heterocycles. The van der Waals surface area contributed by atoms with Gasteiger partial charge >= 0.3 is 0 Å². The third-order valence-corrected chi connectivity index (χ3v) is 7.91. The maximum Gasteiger partial charge on any atom is 0.262 e. The van der Waals surface area contributed by atoms with Crippen LogP contribution in [0.2, 0.25) is 0 Å². The number of carbonyl (C=O) groups excluding carboxylic acids is 1. The Morgan fingerprint density at radius 1 is 1.21 bits per heavy atom. The molecule has 0 bridgehead atoms. The molecule has 1 N–H and O–H groups in total. The number of benzene rings is 2. The van der Waals surface area contributed by atoms with Crippen LogP contribution >= 0.6 is 11.3 Å². The van der Waals surface area contributed by atoms with Crippen molar-refractivity contribution >= 4 is 38.2 Å². The number of nitrogens with one attached hydrogen (secondary N) is 1. The van der Waals surface area contributed by atoms with Crippen LogP contribution in [-0.4, -0.2) is 48.6 Å². The number of amides is 1. The van der Waals surface area contributed by atoms with Crippen LogP contribution < -0.4 is 10.1 Å². The molecule has 0 radical (unpaired) electrons. The van der Waals surface area contributed by atoms with E-state index in [-0.39, 0.29) is 5.91 Å². The number of likely N-dealkylation sites (tertiary alicyclic amines) is 1. The molecule has 5 rings (SSSR count). The molecule has 0 aliphatic carbocycles. The highest BCUT2D eigenvalue weighted by molar-refractivity contribution is 7.22. The minimum Gasteiger partial charge on any atom is -0.497 e. The van der Waals surface area contributed by atoms with E-state index in [9.17, 15) is 4.79 Å². The number of aryl methyl sites for hydroxylation is 1. The smallest absolute Gasteiger partial charge is 0.262 e. The largest absolute Gasteiger partial charge is 0.497 e. The highest BCUT2D eigenvalue weighted by Crippen LogP contribution is 2.42. The van der Waals surface area contributed by atoms with Crippen LogP contribution in [-0.2, 0) is 0 Å². The molecule has 4 aromatic rings. The van der Waals surface area contributed by atoms with Crippen molar-refractivity contribution in [3.63, 3.8) is 0 Å². The first kappa shape index (κ1) is 21.9. The van der Waals surface area contributed by atoms with E-state index in [2.05, 4.69) is 48.3 Å². The summed E-state index contributed by atoms with van der Waals surface area (Å²) in [5.74, 6) is 0.778. The molecule has 1 fully saturated rings. The number of fused-ring (bicyclic) bond motifs is 3. The summed E-state index contributed by atoms with van der Waals surface area (Å²) in [6, 6.07) is 14.7. The molecular weight excluding hydrogens is 430 g/mol. The predicted octanol–water partition coefficient (Wildman–Crippen LogP) is 5.65. The number of aromatic nitrogens is 1. The summed E-state index contributed by atoms with van der Waals surface area (Å²) in [6.45, 7) is 7.09. The lowest BCUT2D eigenvalue weighted by Crippen LogP contribution is -2.39. The fourth-order valence-electron chi connectivity index (χ4n) is 4.84. The van der Waals surface area contributed by atoms with Gasteiger partial charge in [0.1, 0.15) is 10.6 Å². The Kier molecular flexibility index (Phi) is 6.04. The molecule has 170 valence electrons. The number of ether oxygens (including phenoxy) is 1. The van der Waals surface area contributed by atoms with Crippen LogP contribution in [0.15, 0.2) is 48.7 Å². The van der Waals surface area contributed by atoms with E-state index in [0.717, 1.165) is 62.3 Å². The molecule has 2 aromatic carbocycles. The Bertz CT molecular complexity index is 1310. The average molecular weight is 460 g/mol. The van der Waals surface area contributed by atoms with Gasteiger partial charge in [-0.1, -0.05) is 36.8 Å². The predicted molar refractivity (Wildman–Crippen MR) is 136 cm³/mol. The Morgan fingerprint density at radius 2 is 2.03 bits per heavy atom. The fourth-order valence-corrected chi connectivity index (χ4v) is 6.07. The third kappa shape index (κ3) is 4.09. The number of nitrogens with zero attached hydrogens (tertiary/aromatic N) is 2. The van der Waals surface area contributed by atoms with E-state index in [4.69, 9.17) is 9.72 Å². The van der Waals surface area contributed by atoms with Gasteiger partial charge in [-0.3, -0.25) is 14.7 Å². The van der Waals surface area contributed by atoms with Gasteiger partial charge in [-0.25, -0.2) is 0 Å². The second-order valence-electron chi connectivity index (χ2n) is 8.69. The Labute approximate surface area is 198 Å². The molecule has 6 heteroatoms. The topological polar surface area (TPSA) is 54.5 Å². The van der Waals surface area contributed by atoms with Crippen molar-refractivity contribution in [2.75, 3.05) is 26.7 Å².